The van der Waals surface area contributed by atoms with Crippen molar-refractivity contribution in [3.05, 3.63) is 28.5 Å². The molecule has 0 radical (unpaired) electrons. The van der Waals surface area contributed by atoms with Crippen molar-refractivity contribution in [3.8, 4) is 0 Å². The zero-order valence-corrected chi connectivity index (χ0v) is 7.50. The first-order valence-corrected chi connectivity index (χ1v) is 3.99. The van der Waals surface area contributed by atoms with Gasteiger partial charge in [-0.3, -0.25) is 0 Å². The number of hydrogen-bond acceptors (Lipinski definition) is 2. The van der Waals surface area contributed by atoms with E-state index in [1.807, 2.05) is 0 Å². The van der Waals surface area contributed by atoms with Crippen LogP contribution in [0.25, 0.3) is 0 Å². The second-order valence-electron chi connectivity index (χ2n) is 2.16. The quantitative estimate of drug-likeness (QED) is 0.800. The van der Waals surface area contributed by atoms with Crippen LogP contribution in [-0.2, 0) is 0 Å². The highest BCUT2D eigenvalue weighted by Crippen LogP contribution is 2.25. The fraction of sp³-hybridized carbons (Fsp3) is 0.286. The van der Waals surface area contributed by atoms with Gasteiger partial charge in [0.05, 0.1) is 0 Å². The number of pyridine rings is 1. The van der Waals surface area contributed by atoms with Crippen molar-refractivity contribution in [2.45, 2.75) is 12.5 Å². The van der Waals surface area contributed by atoms with Crippen molar-refractivity contribution < 1.29 is 13.9 Å². The summed E-state index contributed by atoms with van der Waals surface area (Å²) >= 11 is 2.96. The standard InChI is InChI=1S/C7H6BrF2NO/c8-6-4(2-1-3-11-6)5(12)7(9)10/h1-3,5,7,12H. The molecule has 0 saturated carbocycles. The molecule has 1 aromatic rings. The van der Waals surface area contributed by atoms with Crippen molar-refractivity contribution in [1.82, 2.24) is 4.98 Å². The van der Waals surface area contributed by atoms with Gasteiger partial charge in [0, 0.05) is 11.8 Å². The molecule has 12 heavy (non-hydrogen) atoms. The van der Waals surface area contributed by atoms with Crippen molar-refractivity contribution in [3.63, 3.8) is 0 Å². The minimum Gasteiger partial charge on any atom is -0.382 e. The summed E-state index contributed by atoms with van der Waals surface area (Å²) in [5.74, 6) is 0. The van der Waals surface area contributed by atoms with Gasteiger partial charge < -0.3 is 5.11 Å². The third-order valence-corrected chi connectivity index (χ3v) is 2.01. The van der Waals surface area contributed by atoms with E-state index in [0.717, 1.165) is 0 Å². The Bertz CT molecular complexity index is 269. The van der Waals surface area contributed by atoms with Gasteiger partial charge in [0.15, 0.2) is 0 Å². The molecule has 0 aliphatic rings. The zero-order valence-electron chi connectivity index (χ0n) is 5.92. The van der Waals surface area contributed by atoms with Gasteiger partial charge in [0.2, 0.25) is 0 Å². The predicted molar refractivity (Wildman–Crippen MR) is 42.9 cm³/mol. The normalized spacial score (nSPS) is 13.4. The topological polar surface area (TPSA) is 33.1 Å². The molecular weight excluding hydrogens is 232 g/mol. The number of halogens is 3. The van der Waals surface area contributed by atoms with Crippen molar-refractivity contribution in [2.75, 3.05) is 0 Å². The highest BCUT2D eigenvalue weighted by Gasteiger charge is 2.21. The lowest BCUT2D eigenvalue weighted by Crippen LogP contribution is -2.08. The van der Waals surface area contributed by atoms with Gasteiger partial charge in [-0.05, 0) is 22.0 Å². The van der Waals surface area contributed by atoms with Gasteiger partial charge in [-0.1, -0.05) is 6.07 Å². The lowest BCUT2D eigenvalue weighted by atomic mass is 10.2. The average molecular weight is 238 g/mol. The van der Waals surface area contributed by atoms with Gasteiger partial charge in [-0.15, -0.1) is 0 Å². The summed E-state index contributed by atoms with van der Waals surface area (Å²) in [6.07, 6.45) is -3.11. The molecule has 0 aliphatic carbocycles. The van der Waals surface area contributed by atoms with Crippen LogP contribution in [0.5, 0.6) is 0 Å². The predicted octanol–water partition coefficient (Wildman–Crippen LogP) is 2.14. The first-order valence-electron chi connectivity index (χ1n) is 3.19. The van der Waals surface area contributed by atoms with Gasteiger partial charge in [0.1, 0.15) is 10.7 Å². The molecule has 0 aromatic carbocycles. The smallest absolute Gasteiger partial charge is 0.268 e. The van der Waals surface area contributed by atoms with Crippen LogP contribution in [0.3, 0.4) is 0 Å². The van der Waals surface area contributed by atoms with Crippen LogP contribution < -0.4 is 0 Å². The van der Waals surface area contributed by atoms with E-state index in [1.54, 1.807) is 0 Å². The summed E-state index contributed by atoms with van der Waals surface area (Å²) in [6, 6.07) is 2.89. The number of nitrogens with zero attached hydrogens (tertiary/aromatic N) is 1. The molecule has 2 nitrogen and oxygen atoms in total. The molecule has 0 aliphatic heterocycles. The van der Waals surface area contributed by atoms with E-state index in [9.17, 15) is 8.78 Å². The maximum atomic E-state index is 12.0. The Morgan fingerprint density at radius 1 is 1.50 bits per heavy atom. The van der Waals surface area contributed by atoms with E-state index in [4.69, 9.17) is 5.11 Å². The maximum Gasteiger partial charge on any atom is 0.268 e. The number of aliphatic hydroxyl groups excluding tert-OH is 1. The molecule has 1 aromatic heterocycles. The number of alkyl halides is 2. The van der Waals surface area contributed by atoms with Crippen molar-refractivity contribution in [1.29, 1.82) is 0 Å². The third kappa shape index (κ3) is 1.98. The van der Waals surface area contributed by atoms with Gasteiger partial charge >= 0.3 is 0 Å². The fourth-order valence-electron chi connectivity index (χ4n) is 0.755. The number of hydrogen-bond donors (Lipinski definition) is 1. The van der Waals surface area contributed by atoms with Crippen LogP contribution in [-0.4, -0.2) is 16.5 Å². The Kier molecular flexibility index (Phi) is 3.11. The summed E-state index contributed by atoms with van der Waals surface area (Å²) in [4.78, 5) is 3.71. The van der Waals surface area contributed by atoms with Crippen LogP contribution in [0.4, 0.5) is 8.78 Å². The molecule has 0 fully saturated rings. The van der Waals surface area contributed by atoms with Crippen LogP contribution in [0.2, 0.25) is 0 Å². The molecule has 0 spiro atoms. The average Bonchev–Trinajstić information content (AvgIpc) is 2.04. The van der Waals surface area contributed by atoms with Crippen LogP contribution in [0, 0.1) is 0 Å². The van der Waals surface area contributed by atoms with Gasteiger partial charge in [0.25, 0.3) is 6.43 Å². The number of aliphatic hydroxyl groups is 1. The molecule has 1 N–H and O–H groups in total. The second-order valence-corrected chi connectivity index (χ2v) is 2.91. The Morgan fingerprint density at radius 3 is 2.67 bits per heavy atom. The van der Waals surface area contributed by atoms with E-state index in [-0.39, 0.29) is 10.2 Å². The summed E-state index contributed by atoms with van der Waals surface area (Å²) in [7, 11) is 0. The lowest BCUT2D eigenvalue weighted by Gasteiger charge is -2.09. The SMILES string of the molecule is OC(c1cccnc1Br)C(F)F. The summed E-state index contributed by atoms with van der Waals surface area (Å²) in [6.45, 7) is 0. The monoisotopic (exact) mass is 237 g/mol. The number of rotatable bonds is 2. The van der Waals surface area contributed by atoms with E-state index >= 15 is 0 Å². The summed E-state index contributed by atoms with van der Waals surface area (Å²) in [5, 5.41) is 8.96. The zero-order chi connectivity index (χ0) is 9.14. The Hall–Kier alpha value is -0.550. The van der Waals surface area contributed by atoms with Crippen LogP contribution >= 0.6 is 15.9 Å². The minimum absolute atomic E-state index is 0.104. The summed E-state index contributed by atoms with van der Waals surface area (Å²) in [5.41, 5.74) is 0.104. The highest BCUT2D eigenvalue weighted by molar-refractivity contribution is 9.10. The first-order chi connectivity index (χ1) is 5.63. The fourth-order valence-corrected chi connectivity index (χ4v) is 1.24. The molecule has 5 heteroatoms. The minimum atomic E-state index is -2.79. The first kappa shape index (κ1) is 9.54. The molecule has 0 saturated heterocycles. The van der Waals surface area contributed by atoms with E-state index in [1.165, 1.54) is 18.3 Å². The Morgan fingerprint density at radius 2 is 2.17 bits per heavy atom. The largest absolute Gasteiger partial charge is 0.382 e. The van der Waals surface area contributed by atoms with Crippen molar-refractivity contribution >= 4 is 15.9 Å². The molecule has 1 heterocycles. The molecule has 1 unspecified atom stereocenters. The van der Waals surface area contributed by atoms with Crippen LogP contribution in [0.15, 0.2) is 22.9 Å². The van der Waals surface area contributed by atoms with Gasteiger partial charge in [-0.25, -0.2) is 13.8 Å². The lowest BCUT2D eigenvalue weighted by molar-refractivity contribution is -0.00640. The molecule has 1 rings (SSSR count). The van der Waals surface area contributed by atoms with E-state index in [0.29, 0.717) is 0 Å². The molecule has 1 atom stereocenters. The van der Waals surface area contributed by atoms with Crippen molar-refractivity contribution in [2.24, 2.45) is 0 Å². The van der Waals surface area contributed by atoms with E-state index < -0.39 is 12.5 Å². The van der Waals surface area contributed by atoms with Gasteiger partial charge in [-0.2, -0.15) is 0 Å². The van der Waals surface area contributed by atoms with Crippen LogP contribution in [0.1, 0.15) is 11.7 Å². The highest BCUT2D eigenvalue weighted by atomic mass is 79.9. The molecule has 66 valence electrons. The second kappa shape index (κ2) is 3.91. The summed E-state index contributed by atoms with van der Waals surface area (Å²) < 4.78 is 24.2. The number of aromatic nitrogens is 1. The Labute approximate surface area is 76.4 Å². The molecule has 0 bridgehead atoms. The third-order valence-electron chi connectivity index (χ3n) is 1.35. The maximum absolute atomic E-state index is 12.0. The van der Waals surface area contributed by atoms with E-state index in [2.05, 4.69) is 20.9 Å². The Balaban J connectivity index is 2.94. The molecular formula is C7H6BrF2NO. The molecule has 0 amide bonds.